The van der Waals surface area contributed by atoms with Gasteiger partial charge < -0.3 is 4.57 Å². The highest BCUT2D eigenvalue weighted by Crippen LogP contribution is 2.29. The number of carbonyl (C=O) groups excluding carboxylic acids is 1. The van der Waals surface area contributed by atoms with Crippen LogP contribution in [0.15, 0.2) is 47.5 Å². The molecule has 0 saturated carbocycles. The van der Waals surface area contributed by atoms with Crippen molar-refractivity contribution in [2.45, 2.75) is 13.5 Å². The highest BCUT2D eigenvalue weighted by atomic mass is 35.5. The van der Waals surface area contributed by atoms with Gasteiger partial charge in [-0.1, -0.05) is 46.5 Å². The average Bonchev–Trinajstić information content (AvgIpc) is 2.98. The Morgan fingerprint density at radius 1 is 1.25 bits per heavy atom. The Hall–Kier alpha value is -2.65. The Kier molecular flexibility index (Phi) is 4.94. The first-order chi connectivity index (χ1) is 13.5. The molecular formula is C21H13Cl2N3OS. The Morgan fingerprint density at radius 3 is 2.86 bits per heavy atom. The molecule has 0 aliphatic carbocycles. The maximum Gasteiger partial charge on any atom is 0.279 e. The molecule has 1 amide bonds. The molecule has 2 aromatic heterocycles. The first-order valence-corrected chi connectivity index (χ1v) is 9.92. The largest absolute Gasteiger partial charge is 0.303 e. The molecule has 0 bridgehead atoms. The summed E-state index contributed by atoms with van der Waals surface area (Å²) in [6, 6.07) is 12.6. The lowest BCUT2D eigenvalue weighted by molar-refractivity contribution is 0.0998. The van der Waals surface area contributed by atoms with Crippen LogP contribution in [0, 0.1) is 19.3 Å². The van der Waals surface area contributed by atoms with Crippen LogP contribution in [0.4, 0.5) is 0 Å². The van der Waals surface area contributed by atoms with Gasteiger partial charge >= 0.3 is 0 Å². The minimum atomic E-state index is -0.359. The minimum absolute atomic E-state index is 0.244. The number of halogens is 2. The summed E-state index contributed by atoms with van der Waals surface area (Å²) in [4.78, 5) is 22.0. The van der Waals surface area contributed by atoms with E-state index in [-0.39, 0.29) is 12.5 Å². The van der Waals surface area contributed by atoms with Gasteiger partial charge in [0.15, 0.2) is 4.80 Å². The van der Waals surface area contributed by atoms with Crippen molar-refractivity contribution in [3.63, 3.8) is 0 Å². The van der Waals surface area contributed by atoms with Crippen LogP contribution >= 0.6 is 34.5 Å². The van der Waals surface area contributed by atoms with Crippen molar-refractivity contribution in [3.05, 3.63) is 68.6 Å². The van der Waals surface area contributed by atoms with Gasteiger partial charge in [-0.15, -0.1) is 6.42 Å². The number of benzene rings is 2. The van der Waals surface area contributed by atoms with Crippen molar-refractivity contribution in [3.8, 4) is 12.3 Å². The van der Waals surface area contributed by atoms with E-state index in [1.807, 2.05) is 25.1 Å². The lowest BCUT2D eigenvalue weighted by atomic mass is 10.1. The Morgan fingerprint density at radius 2 is 2.07 bits per heavy atom. The molecule has 0 aliphatic heterocycles. The van der Waals surface area contributed by atoms with Crippen molar-refractivity contribution in [2.24, 2.45) is 4.99 Å². The van der Waals surface area contributed by atoms with Crippen LogP contribution < -0.4 is 4.80 Å². The fourth-order valence-electron chi connectivity index (χ4n) is 2.96. The second kappa shape index (κ2) is 7.40. The molecule has 28 heavy (non-hydrogen) atoms. The number of hydrogen-bond donors (Lipinski definition) is 0. The van der Waals surface area contributed by atoms with Crippen molar-refractivity contribution < 1.29 is 4.79 Å². The summed E-state index contributed by atoms with van der Waals surface area (Å²) in [5, 5.41) is 1.87. The number of pyridine rings is 1. The first kappa shape index (κ1) is 18.7. The summed E-state index contributed by atoms with van der Waals surface area (Å²) < 4.78 is 2.57. The van der Waals surface area contributed by atoms with E-state index in [2.05, 4.69) is 15.9 Å². The monoisotopic (exact) mass is 425 g/mol. The molecule has 0 fully saturated rings. The third kappa shape index (κ3) is 3.43. The van der Waals surface area contributed by atoms with Gasteiger partial charge in [0.25, 0.3) is 5.91 Å². The summed E-state index contributed by atoms with van der Waals surface area (Å²) in [7, 11) is 0. The van der Waals surface area contributed by atoms with Crippen molar-refractivity contribution in [1.29, 1.82) is 0 Å². The molecule has 4 rings (SSSR count). The summed E-state index contributed by atoms with van der Waals surface area (Å²) in [6.07, 6.45) is 5.51. The third-order valence-corrected chi connectivity index (χ3v) is 5.75. The number of hydrogen-bond acceptors (Lipinski definition) is 3. The van der Waals surface area contributed by atoms with E-state index < -0.39 is 0 Å². The van der Waals surface area contributed by atoms with Crippen LogP contribution in [0.25, 0.3) is 21.1 Å². The third-order valence-electron chi connectivity index (χ3n) is 4.22. The fraction of sp³-hybridized carbons (Fsp3) is 0.0952. The SMILES string of the molecule is C#CCn1c(=NC(=O)c2ccc3nc(C)ccc3c2)sc2cc(Cl)cc(Cl)c21. The lowest BCUT2D eigenvalue weighted by Crippen LogP contribution is -2.16. The smallest absolute Gasteiger partial charge is 0.279 e. The molecule has 0 radical (unpaired) electrons. The standard InChI is InChI=1S/C21H13Cl2N3OS/c1-3-8-26-19-16(23)10-15(22)11-18(19)28-21(26)25-20(27)14-6-7-17-13(9-14)5-4-12(2)24-17/h1,4-7,9-11H,8H2,2H3. The maximum absolute atomic E-state index is 12.8. The van der Waals surface area contributed by atoms with Gasteiger partial charge in [0, 0.05) is 21.7 Å². The van der Waals surface area contributed by atoms with Gasteiger partial charge in [-0.2, -0.15) is 4.99 Å². The van der Waals surface area contributed by atoms with Crippen LogP contribution in [0.3, 0.4) is 0 Å². The second-order valence-electron chi connectivity index (χ2n) is 6.19. The molecule has 2 aromatic carbocycles. The number of aromatic nitrogens is 2. The summed E-state index contributed by atoms with van der Waals surface area (Å²) in [5.74, 6) is 2.23. The zero-order valence-electron chi connectivity index (χ0n) is 14.7. The lowest BCUT2D eigenvalue weighted by Gasteiger charge is -2.03. The first-order valence-electron chi connectivity index (χ1n) is 8.34. The number of amides is 1. The second-order valence-corrected chi connectivity index (χ2v) is 8.04. The number of thiazole rings is 1. The predicted octanol–water partition coefficient (Wildman–Crippen LogP) is 5.24. The van der Waals surface area contributed by atoms with E-state index in [1.54, 1.807) is 28.8 Å². The maximum atomic E-state index is 12.8. The van der Waals surface area contributed by atoms with Crippen molar-refractivity contribution >= 4 is 61.6 Å². The summed E-state index contributed by atoms with van der Waals surface area (Å²) in [5.41, 5.74) is 2.96. The number of carbonyl (C=O) groups is 1. The van der Waals surface area contributed by atoms with Crippen LogP contribution in [0.1, 0.15) is 16.1 Å². The molecule has 4 aromatic rings. The van der Waals surface area contributed by atoms with Gasteiger partial charge in [0.1, 0.15) is 0 Å². The van der Waals surface area contributed by atoms with Crippen molar-refractivity contribution in [1.82, 2.24) is 9.55 Å². The average molecular weight is 426 g/mol. The van der Waals surface area contributed by atoms with Crippen LogP contribution in [0.5, 0.6) is 0 Å². The van der Waals surface area contributed by atoms with E-state index in [0.717, 1.165) is 26.8 Å². The van der Waals surface area contributed by atoms with Gasteiger partial charge in [-0.3, -0.25) is 9.78 Å². The Bertz CT molecular complexity index is 1360. The van der Waals surface area contributed by atoms with Crippen LogP contribution in [-0.4, -0.2) is 15.5 Å². The molecular weight excluding hydrogens is 413 g/mol. The van der Waals surface area contributed by atoms with E-state index in [9.17, 15) is 4.79 Å². The normalized spacial score (nSPS) is 11.9. The predicted molar refractivity (Wildman–Crippen MR) is 115 cm³/mol. The number of rotatable bonds is 2. The zero-order valence-corrected chi connectivity index (χ0v) is 17.1. The van der Waals surface area contributed by atoms with E-state index in [4.69, 9.17) is 29.6 Å². The van der Waals surface area contributed by atoms with E-state index in [1.165, 1.54) is 11.3 Å². The van der Waals surface area contributed by atoms with Crippen LogP contribution in [-0.2, 0) is 6.54 Å². The van der Waals surface area contributed by atoms with Gasteiger partial charge in [0.05, 0.1) is 27.3 Å². The molecule has 0 aliphatic rings. The highest BCUT2D eigenvalue weighted by molar-refractivity contribution is 7.16. The Balaban J connectivity index is 1.86. The van der Waals surface area contributed by atoms with Gasteiger partial charge in [-0.25, -0.2) is 0 Å². The number of nitrogens with zero attached hydrogens (tertiary/aromatic N) is 3. The van der Waals surface area contributed by atoms with E-state index in [0.29, 0.717) is 20.4 Å². The zero-order chi connectivity index (χ0) is 19.8. The molecule has 7 heteroatoms. The minimum Gasteiger partial charge on any atom is -0.303 e. The topological polar surface area (TPSA) is 47.2 Å². The summed E-state index contributed by atoms with van der Waals surface area (Å²) in [6.45, 7) is 2.17. The quantitative estimate of drug-likeness (QED) is 0.412. The van der Waals surface area contributed by atoms with Gasteiger partial charge in [0.2, 0.25) is 0 Å². The number of aryl methyl sites for hydroxylation is 1. The van der Waals surface area contributed by atoms with Gasteiger partial charge in [-0.05, 0) is 43.3 Å². The fourth-order valence-corrected chi connectivity index (χ4v) is 4.77. The summed E-state index contributed by atoms with van der Waals surface area (Å²) >= 11 is 13.8. The van der Waals surface area contributed by atoms with Crippen molar-refractivity contribution in [2.75, 3.05) is 0 Å². The molecule has 0 spiro atoms. The highest BCUT2D eigenvalue weighted by Gasteiger charge is 2.13. The molecule has 0 N–H and O–H groups in total. The number of terminal acetylenes is 1. The van der Waals surface area contributed by atoms with Crippen LogP contribution in [0.2, 0.25) is 10.0 Å². The number of fused-ring (bicyclic) bond motifs is 2. The molecule has 0 atom stereocenters. The molecule has 2 heterocycles. The molecule has 138 valence electrons. The molecule has 0 unspecified atom stereocenters. The molecule has 4 nitrogen and oxygen atoms in total. The van der Waals surface area contributed by atoms with E-state index >= 15 is 0 Å². The Labute approximate surface area is 175 Å². The molecule has 0 saturated heterocycles.